The first-order valence-electron chi connectivity index (χ1n) is 9.39. The van der Waals surface area contributed by atoms with Gasteiger partial charge in [-0.05, 0) is 37.8 Å². The standard InChI is InChI=1S/C20H24N4O3/c1-14(17-21-10-11-24(17)16-7-3-2-4-8-16)22-19(27)23-12-15-6-5-9-20(15,13-23)18(25)26/h2-4,7-8,10-11,14-15H,5-6,9,12-13H2,1H3,(H,22,27)(H,25,26)/t14?,15-,20+/m0/s1. The Morgan fingerprint density at radius 3 is 2.81 bits per heavy atom. The molecule has 2 heterocycles. The van der Waals surface area contributed by atoms with Gasteiger partial charge in [0.25, 0.3) is 0 Å². The van der Waals surface area contributed by atoms with Crippen LogP contribution in [0, 0.1) is 11.3 Å². The first kappa shape index (κ1) is 17.6. The summed E-state index contributed by atoms with van der Waals surface area (Å²) < 4.78 is 1.95. The van der Waals surface area contributed by atoms with E-state index in [0.29, 0.717) is 19.5 Å². The Kier molecular flexibility index (Phi) is 4.37. The van der Waals surface area contributed by atoms with Crippen LogP contribution in [0.2, 0.25) is 0 Å². The molecule has 1 aliphatic carbocycles. The molecule has 1 aromatic carbocycles. The number of fused-ring (bicyclic) bond motifs is 1. The highest BCUT2D eigenvalue weighted by atomic mass is 16.4. The van der Waals surface area contributed by atoms with E-state index in [9.17, 15) is 14.7 Å². The Hall–Kier alpha value is -2.83. The van der Waals surface area contributed by atoms with Gasteiger partial charge in [-0.3, -0.25) is 4.79 Å². The number of hydrogen-bond acceptors (Lipinski definition) is 3. The summed E-state index contributed by atoms with van der Waals surface area (Å²) in [5, 5.41) is 12.7. The van der Waals surface area contributed by atoms with E-state index in [-0.39, 0.29) is 18.0 Å². The summed E-state index contributed by atoms with van der Waals surface area (Å²) >= 11 is 0. The first-order chi connectivity index (χ1) is 13.0. The van der Waals surface area contributed by atoms with Crippen LogP contribution in [0.15, 0.2) is 42.7 Å². The molecule has 1 saturated carbocycles. The zero-order chi connectivity index (χ0) is 19.0. The molecular weight excluding hydrogens is 344 g/mol. The third-order valence-corrected chi connectivity index (χ3v) is 6.01. The molecule has 1 unspecified atom stereocenters. The van der Waals surface area contributed by atoms with Crippen molar-refractivity contribution in [2.24, 2.45) is 11.3 Å². The number of carbonyl (C=O) groups is 2. The number of aromatic nitrogens is 2. The number of carbonyl (C=O) groups excluding carboxylic acids is 1. The number of likely N-dealkylation sites (tertiary alicyclic amines) is 1. The summed E-state index contributed by atoms with van der Waals surface area (Å²) in [7, 11) is 0. The maximum Gasteiger partial charge on any atom is 0.318 e. The Bertz CT molecular complexity index is 850. The molecule has 142 valence electrons. The Morgan fingerprint density at radius 2 is 2.11 bits per heavy atom. The predicted octanol–water partition coefficient (Wildman–Crippen LogP) is 2.83. The van der Waals surface area contributed by atoms with Crippen molar-refractivity contribution in [1.29, 1.82) is 0 Å². The van der Waals surface area contributed by atoms with Crippen LogP contribution in [0.4, 0.5) is 4.79 Å². The van der Waals surface area contributed by atoms with E-state index in [1.165, 1.54) is 0 Å². The van der Waals surface area contributed by atoms with E-state index in [0.717, 1.165) is 24.4 Å². The number of aliphatic carboxylic acids is 1. The van der Waals surface area contributed by atoms with Crippen LogP contribution < -0.4 is 5.32 Å². The van der Waals surface area contributed by atoms with Gasteiger partial charge in [0.2, 0.25) is 0 Å². The molecule has 0 bridgehead atoms. The third kappa shape index (κ3) is 2.97. The highest BCUT2D eigenvalue weighted by Crippen LogP contribution is 2.48. The van der Waals surface area contributed by atoms with Gasteiger partial charge in [0, 0.05) is 31.2 Å². The van der Waals surface area contributed by atoms with Gasteiger partial charge < -0.3 is 19.9 Å². The zero-order valence-corrected chi connectivity index (χ0v) is 15.3. The molecule has 4 rings (SSSR count). The maximum atomic E-state index is 12.8. The topological polar surface area (TPSA) is 87.5 Å². The summed E-state index contributed by atoms with van der Waals surface area (Å²) in [6.45, 7) is 2.69. The molecule has 2 amide bonds. The lowest BCUT2D eigenvalue weighted by Crippen LogP contribution is -2.42. The van der Waals surface area contributed by atoms with Crippen molar-refractivity contribution in [1.82, 2.24) is 19.8 Å². The lowest BCUT2D eigenvalue weighted by molar-refractivity contribution is -0.149. The Morgan fingerprint density at radius 1 is 1.33 bits per heavy atom. The molecule has 1 aromatic heterocycles. The number of nitrogens with one attached hydrogen (secondary N) is 1. The molecule has 3 atom stereocenters. The largest absolute Gasteiger partial charge is 0.481 e. The fourth-order valence-electron chi connectivity index (χ4n) is 4.58. The van der Waals surface area contributed by atoms with Crippen molar-refractivity contribution in [3.63, 3.8) is 0 Å². The van der Waals surface area contributed by atoms with Crippen LogP contribution in [-0.4, -0.2) is 44.6 Å². The second kappa shape index (κ2) is 6.72. The van der Waals surface area contributed by atoms with E-state index < -0.39 is 11.4 Å². The number of imidazole rings is 1. The minimum Gasteiger partial charge on any atom is -0.481 e. The van der Waals surface area contributed by atoms with Gasteiger partial charge >= 0.3 is 12.0 Å². The molecule has 27 heavy (non-hydrogen) atoms. The van der Waals surface area contributed by atoms with Crippen molar-refractivity contribution in [2.45, 2.75) is 32.2 Å². The summed E-state index contributed by atoms with van der Waals surface area (Å²) in [5.74, 6) is 0.0252. The number of carboxylic acids is 1. The summed E-state index contributed by atoms with van der Waals surface area (Å²) in [4.78, 5) is 30.7. The van der Waals surface area contributed by atoms with Gasteiger partial charge in [-0.2, -0.15) is 0 Å². The second-order valence-corrected chi connectivity index (χ2v) is 7.59. The van der Waals surface area contributed by atoms with Gasteiger partial charge in [-0.25, -0.2) is 9.78 Å². The molecule has 0 spiro atoms. The monoisotopic (exact) mass is 368 g/mol. The average Bonchev–Trinajstić information content (AvgIpc) is 3.36. The van der Waals surface area contributed by atoms with E-state index >= 15 is 0 Å². The highest BCUT2D eigenvalue weighted by molar-refractivity contribution is 5.80. The molecule has 1 saturated heterocycles. The molecule has 0 radical (unpaired) electrons. The molecular formula is C20H24N4O3. The SMILES string of the molecule is CC(NC(=O)N1C[C@@H]2CCC[C@@]2(C(=O)O)C1)c1nccn1-c1ccccc1. The minimum atomic E-state index is -0.770. The van der Waals surface area contributed by atoms with Crippen LogP contribution in [0.5, 0.6) is 0 Å². The second-order valence-electron chi connectivity index (χ2n) is 7.59. The summed E-state index contributed by atoms with van der Waals surface area (Å²) in [6.07, 6.45) is 6.05. The number of hydrogen-bond donors (Lipinski definition) is 2. The van der Waals surface area contributed by atoms with Crippen molar-refractivity contribution in [3.8, 4) is 5.69 Å². The van der Waals surface area contributed by atoms with Crippen LogP contribution in [0.25, 0.3) is 5.69 Å². The molecule has 1 aliphatic heterocycles. The smallest absolute Gasteiger partial charge is 0.318 e. The number of urea groups is 1. The Labute approximate surface area is 158 Å². The van der Waals surface area contributed by atoms with Gasteiger partial charge in [0.15, 0.2) is 0 Å². The average molecular weight is 368 g/mol. The van der Waals surface area contributed by atoms with E-state index in [4.69, 9.17) is 0 Å². The molecule has 7 nitrogen and oxygen atoms in total. The number of amides is 2. The van der Waals surface area contributed by atoms with Crippen molar-refractivity contribution >= 4 is 12.0 Å². The minimum absolute atomic E-state index is 0.0577. The predicted molar refractivity (Wildman–Crippen MR) is 99.5 cm³/mol. The van der Waals surface area contributed by atoms with Crippen LogP contribution in [0.1, 0.15) is 38.1 Å². The lowest BCUT2D eigenvalue weighted by Gasteiger charge is -2.24. The van der Waals surface area contributed by atoms with Crippen LogP contribution in [-0.2, 0) is 4.79 Å². The molecule has 2 fully saturated rings. The zero-order valence-electron chi connectivity index (χ0n) is 15.3. The van der Waals surface area contributed by atoms with Crippen molar-refractivity contribution in [2.75, 3.05) is 13.1 Å². The fraction of sp³-hybridized carbons (Fsp3) is 0.450. The summed E-state index contributed by atoms with van der Waals surface area (Å²) in [6, 6.07) is 9.31. The summed E-state index contributed by atoms with van der Waals surface area (Å²) in [5.41, 5.74) is 0.218. The lowest BCUT2D eigenvalue weighted by atomic mass is 9.81. The normalized spacial score (nSPS) is 25.2. The molecule has 2 aliphatic rings. The van der Waals surface area contributed by atoms with E-state index in [1.807, 2.05) is 48.0 Å². The van der Waals surface area contributed by atoms with Gasteiger partial charge in [-0.15, -0.1) is 0 Å². The molecule has 2 aromatic rings. The van der Waals surface area contributed by atoms with E-state index in [1.54, 1.807) is 11.1 Å². The Balaban J connectivity index is 1.47. The maximum absolute atomic E-state index is 12.8. The third-order valence-electron chi connectivity index (χ3n) is 6.01. The van der Waals surface area contributed by atoms with Crippen LogP contribution in [0.3, 0.4) is 0 Å². The van der Waals surface area contributed by atoms with Crippen molar-refractivity contribution in [3.05, 3.63) is 48.5 Å². The van der Waals surface area contributed by atoms with E-state index in [2.05, 4.69) is 10.3 Å². The fourth-order valence-corrected chi connectivity index (χ4v) is 4.58. The first-order valence-corrected chi connectivity index (χ1v) is 9.39. The highest BCUT2D eigenvalue weighted by Gasteiger charge is 2.55. The number of rotatable bonds is 4. The van der Waals surface area contributed by atoms with Crippen molar-refractivity contribution < 1.29 is 14.7 Å². The number of nitrogens with zero attached hydrogens (tertiary/aromatic N) is 3. The van der Waals surface area contributed by atoms with Crippen LogP contribution >= 0.6 is 0 Å². The number of benzene rings is 1. The van der Waals surface area contributed by atoms with Gasteiger partial charge in [0.05, 0.1) is 11.5 Å². The number of para-hydroxylation sites is 1. The van der Waals surface area contributed by atoms with Gasteiger partial charge in [0.1, 0.15) is 5.82 Å². The molecule has 7 heteroatoms. The molecule has 2 N–H and O–H groups in total. The van der Waals surface area contributed by atoms with Gasteiger partial charge in [-0.1, -0.05) is 24.6 Å². The number of carboxylic acid groups (broad SMARTS) is 1. The quantitative estimate of drug-likeness (QED) is 0.869.